The van der Waals surface area contributed by atoms with Crippen LogP contribution in [-0.4, -0.2) is 49.2 Å². The predicted octanol–water partition coefficient (Wildman–Crippen LogP) is 2.46. The molecule has 0 saturated carbocycles. The number of anilines is 1. The van der Waals surface area contributed by atoms with Crippen LogP contribution in [0.4, 0.5) is 5.82 Å². The molecule has 0 atom stereocenters. The van der Waals surface area contributed by atoms with Crippen LogP contribution in [0, 0.1) is 18.3 Å². The quantitative estimate of drug-likeness (QED) is 0.846. The summed E-state index contributed by atoms with van der Waals surface area (Å²) in [6.45, 7) is 7.36. The molecule has 3 rings (SSSR count). The molecule has 2 heterocycles. The van der Waals surface area contributed by atoms with Crippen molar-refractivity contribution in [1.29, 1.82) is 5.26 Å². The first-order valence-corrected chi connectivity index (χ1v) is 8.28. The van der Waals surface area contributed by atoms with E-state index in [4.69, 9.17) is 4.74 Å². The van der Waals surface area contributed by atoms with Gasteiger partial charge in [0.25, 0.3) is 0 Å². The molecule has 0 amide bonds. The highest BCUT2D eigenvalue weighted by atomic mass is 16.5. The number of hydrogen-bond donors (Lipinski definition) is 0. The van der Waals surface area contributed by atoms with Crippen LogP contribution in [0.5, 0.6) is 5.75 Å². The highest BCUT2D eigenvalue weighted by Crippen LogP contribution is 2.18. The van der Waals surface area contributed by atoms with Crippen LogP contribution < -0.4 is 9.64 Å². The lowest BCUT2D eigenvalue weighted by Gasteiger charge is -2.35. The smallest absolute Gasteiger partial charge is 0.146 e. The summed E-state index contributed by atoms with van der Waals surface area (Å²) in [5.74, 6) is 1.73. The SMILES string of the molecule is Cc1cccc(OCCN2CCN(c3ncccc3C#N)CC2)c1. The van der Waals surface area contributed by atoms with Gasteiger partial charge in [0.05, 0.1) is 5.56 Å². The highest BCUT2D eigenvalue weighted by Gasteiger charge is 2.19. The third kappa shape index (κ3) is 4.03. The molecule has 24 heavy (non-hydrogen) atoms. The molecule has 0 bridgehead atoms. The number of hydrogen-bond acceptors (Lipinski definition) is 5. The van der Waals surface area contributed by atoms with E-state index in [1.165, 1.54) is 5.56 Å². The molecule has 5 nitrogen and oxygen atoms in total. The molecule has 1 aromatic carbocycles. The van der Waals surface area contributed by atoms with Crippen LogP contribution in [0.3, 0.4) is 0 Å². The third-order valence-electron chi connectivity index (χ3n) is 4.24. The Morgan fingerprint density at radius 1 is 1.17 bits per heavy atom. The normalized spacial score (nSPS) is 15.1. The second-order valence-corrected chi connectivity index (χ2v) is 5.98. The van der Waals surface area contributed by atoms with Crippen molar-refractivity contribution in [3.63, 3.8) is 0 Å². The monoisotopic (exact) mass is 322 g/mol. The fraction of sp³-hybridized carbons (Fsp3) is 0.368. The van der Waals surface area contributed by atoms with Gasteiger partial charge in [0.1, 0.15) is 24.2 Å². The number of nitriles is 1. The summed E-state index contributed by atoms with van der Waals surface area (Å²) in [5, 5.41) is 9.20. The van der Waals surface area contributed by atoms with Crippen molar-refractivity contribution in [1.82, 2.24) is 9.88 Å². The zero-order chi connectivity index (χ0) is 16.8. The van der Waals surface area contributed by atoms with Crippen molar-refractivity contribution >= 4 is 5.82 Å². The predicted molar refractivity (Wildman–Crippen MR) is 94.3 cm³/mol. The van der Waals surface area contributed by atoms with E-state index in [1.54, 1.807) is 12.3 Å². The van der Waals surface area contributed by atoms with E-state index in [0.29, 0.717) is 12.2 Å². The van der Waals surface area contributed by atoms with Gasteiger partial charge in [0, 0.05) is 38.9 Å². The average Bonchev–Trinajstić information content (AvgIpc) is 2.62. The standard InChI is InChI=1S/C19H22N4O/c1-16-4-2-6-18(14-16)24-13-12-22-8-10-23(11-9-22)19-17(15-20)5-3-7-21-19/h2-7,14H,8-13H2,1H3. The van der Waals surface area contributed by atoms with Gasteiger partial charge in [0.15, 0.2) is 0 Å². The molecule has 1 aliphatic heterocycles. The van der Waals surface area contributed by atoms with Gasteiger partial charge in [-0.3, -0.25) is 4.90 Å². The maximum absolute atomic E-state index is 9.20. The molecule has 0 spiro atoms. The van der Waals surface area contributed by atoms with E-state index in [2.05, 4.69) is 39.9 Å². The van der Waals surface area contributed by atoms with E-state index in [-0.39, 0.29) is 0 Å². The molecule has 0 unspecified atom stereocenters. The van der Waals surface area contributed by atoms with E-state index in [1.807, 2.05) is 18.2 Å². The first kappa shape index (κ1) is 16.3. The van der Waals surface area contributed by atoms with Gasteiger partial charge in [-0.1, -0.05) is 12.1 Å². The molecule has 1 fully saturated rings. The molecule has 5 heteroatoms. The molecule has 1 aromatic heterocycles. The summed E-state index contributed by atoms with van der Waals surface area (Å²) in [5.41, 5.74) is 1.86. The number of nitrogens with zero attached hydrogens (tertiary/aromatic N) is 4. The van der Waals surface area contributed by atoms with Gasteiger partial charge in [-0.15, -0.1) is 0 Å². The number of aryl methyl sites for hydroxylation is 1. The van der Waals surface area contributed by atoms with Gasteiger partial charge in [-0.2, -0.15) is 5.26 Å². The first-order chi connectivity index (χ1) is 11.8. The molecule has 0 N–H and O–H groups in total. The number of piperazine rings is 1. The fourth-order valence-corrected chi connectivity index (χ4v) is 2.92. The summed E-state index contributed by atoms with van der Waals surface area (Å²) in [6.07, 6.45) is 1.75. The molecule has 1 saturated heterocycles. The van der Waals surface area contributed by atoms with E-state index < -0.39 is 0 Å². The van der Waals surface area contributed by atoms with Crippen LogP contribution in [-0.2, 0) is 0 Å². The maximum atomic E-state index is 9.20. The van der Waals surface area contributed by atoms with Crippen LogP contribution >= 0.6 is 0 Å². The highest BCUT2D eigenvalue weighted by molar-refractivity contribution is 5.53. The van der Waals surface area contributed by atoms with Crippen LogP contribution in [0.25, 0.3) is 0 Å². The van der Waals surface area contributed by atoms with Crippen LogP contribution in [0.1, 0.15) is 11.1 Å². The number of pyridine rings is 1. The number of aromatic nitrogens is 1. The lowest BCUT2D eigenvalue weighted by atomic mass is 10.2. The van der Waals surface area contributed by atoms with Crippen molar-refractivity contribution in [2.45, 2.75) is 6.92 Å². The molecule has 124 valence electrons. The van der Waals surface area contributed by atoms with E-state index in [0.717, 1.165) is 44.3 Å². The minimum atomic E-state index is 0.647. The Hall–Kier alpha value is -2.58. The van der Waals surface area contributed by atoms with Gasteiger partial charge in [-0.05, 0) is 36.8 Å². The Morgan fingerprint density at radius 3 is 2.75 bits per heavy atom. The van der Waals surface area contributed by atoms with Crippen molar-refractivity contribution in [3.8, 4) is 11.8 Å². The summed E-state index contributed by atoms with van der Waals surface area (Å²) in [7, 11) is 0. The Labute approximate surface area is 143 Å². The Kier molecular flexibility index (Phi) is 5.29. The van der Waals surface area contributed by atoms with Crippen molar-refractivity contribution < 1.29 is 4.74 Å². The molecule has 0 aliphatic carbocycles. The summed E-state index contributed by atoms with van der Waals surface area (Å²) >= 11 is 0. The lowest BCUT2D eigenvalue weighted by Crippen LogP contribution is -2.48. The van der Waals surface area contributed by atoms with Crippen molar-refractivity contribution in [3.05, 3.63) is 53.7 Å². The van der Waals surface area contributed by atoms with Crippen molar-refractivity contribution in [2.24, 2.45) is 0 Å². The first-order valence-electron chi connectivity index (χ1n) is 8.28. The molecule has 2 aromatic rings. The number of rotatable bonds is 5. The van der Waals surface area contributed by atoms with Gasteiger partial charge in [0.2, 0.25) is 0 Å². The van der Waals surface area contributed by atoms with Crippen LogP contribution in [0.2, 0.25) is 0 Å². The summed E-state index contributed by atoms with van der Waals surface area (Å²) < 4.78 is 5.83. The molecular formula is C19H22N4O. The molecule has 0 radical (unpaired) electrons. The van der Waals surface area contributed by atoms with Gasteiger partial charge < -0.3 is 9.64 Å². The zero-order valence-electron chi connectivity index (χ0n) is 14.0. The number of ether oxygens (including phenoxy) is 1. The Morgan fingerprint density at radius 2 is 2.00 bits per heavy atom. The summed E-state index contributed by atoms with van der Waals surface area (Å²) in [6, 6.07) is 14.0. The third-order valence-corrected chi connectivity index (χ3v) is 4.24. The number of benzene rings is 1. The Balaban J connectivity index is 1.46. The zero-order valence-corrected chi connectivity index (χ0v) is 14.0. The fourth-order valence-electron chi connectivity index (χ4n) is 2.92. The minimum Gasteiger partial charge on any atom is -0.492 e. The largest absolute Gasteiger partial charge is 0.492 e. The minimum absolute atomic E-state index is 0.647. The van der Waals surface area contributed by atoms with Gasteiger partial charge >= 0.3 is 0 Å². The van der Waals surface area contributed by atoms with Crippen LogP contribution in [0.15, 0.2) is 42.6 Å². The van der Waals surface area contributed by atoms with E-state index in [9.17, 15) is 5.26 Å². The lowest BCUT2D eigenvalue weighted by molar-refractivity contribution is 0.200. The average molecular weight is 322 g/mol. The van der Waals surface area contributed by atoms with Gasteiger partial charge in [-0.25, -0.2) is 4.98 Å². The molecule has 1 aliphatic rings. The Bertz CT molecular complexity index is 717. The second-order valence-electron chi connectivity index (χ2n) is 5.98. The van der Waals surface area contributed by atoms with Crippen molar-refractivity contribution in [2.75, 3.05) is 44.2 Å². The molecular weight excluding hydrogens is 300 g/mol. The topological polar surface area (TPSA) is 52.4 Å². The maximum Gasteiger partial charge on any atom is 0.146 e. The van der Waals surface area contributed by atoms with E-state index >= 15 is 0 Å². The second kappa shape index (κ2) is 7.80. The summed E-state index contributed by atoms with van der Waals surface area (Å²) in [4.78, 5) is 8.95.